The van der Waals surface area contributed by atoms with Crippen LogP contribution >= 0.6 is 0 Å². The Bertz CT molecular complexity index is 875. The average Bonchev–Trinajstić information content (AvgIpc) is 2.68. The first-order valence-electron chi connectivity index (χ1n) is 9.21. The Balaban J connectivity index is 2.27. The van der Waals surface area contributed by atoms with E-state index < -0.39 is 0 Å². The van der Waals surface area contributed by atoms with Crippen LogP contribution in [0.2, 0.25) is 0 Å². The highest BCUT2D eigenvalue weighted by Gasteiger charge is 2.33. The molecule has 0 bridgehead atoms. The summed E-state index contributed by atoms with van der Waals surface area (Å²) >= 11 is 0. The molecule has 0 saturated carbocycles. The molecule has 1 heterocycles. The van der Waals surface area contributed by atoms with Crippen LogP contribution in [0.1, 0.15) is 39.2 Å². The highest BCUT2D eigenvalue weighted by atomic mass is 14.7. The Hall–Kier alpha value is -2.41. The van der Waals surface area contributed by atoms with Gasteiger partial charge in [0.15, 0.2) is 0 Å². The SMILES string of the molecule is C=CC(CC)C(C)(CC)c1ccccc1-c1nccc2ccccc12. The summed E-state index contributed by atoms with van der Waals surface area (Å²) in [5, 5.41) is 2.44. The number of fused-ring (bicyclic) bond motifs is 1. The van der Waals surface area contributed by atoms with Crippen LogP contribution in [0.3, 0.4) is 0 Å². The first-order valence-corrected chi connectivity index (χ1v) is 9.21. The van der Waals surface area contributed by atoms with Crippen molar-refractivity contribution in [1.82, 2.24) is 4.98 Å². The first kappa shape index (κ1) is 17.4. The molecular weight excluding hydrogens is 302 g/mol. The van der Waals surface area contributed by atoms with Gasteiger partial charge in [0.05, 0.1) is 5.69 Å². The van der Waals surface area contributed by atoms with Gasteiger partial charge in [0.1, 0.15) is 0 Å². The van der Waals surface area contributed by atoms with Crippen molar-refractivity contribution in [2.45, 2.75) is 39.0 Å². The Labute approximate surface area is 151 Å². The Morgan fingerprint density at radius 1 is 1.04 bits per heavy atom. The molecule has 3 rings (SSSR count). The van der Waals surface area contributed by atoms with E-state index in [4.69, 9.17) is 4.98 Å². The maximum Gasteiger partial charge on any atom is 0.0783 e. The zero-order valence-electron chi connectivity index (χ0n) is 15.5. The van der Waals surface area contributed by atoms with Crippen LogP contribution in [0.15, 0.2) is 73.4 Å². The van der Waals surface area contributed by atoms with Gasteiger partial charge in [-0.3, -0.25) is 4.98 Å². The van der Waals surface area contributed by atoms with Crippen LogP contribution in [0.25, 0.3) is 22.0 Å². The lowest BCUT2D eigenvalue weighted by Crippen LogP contribution is -2.30. The summed E-state index contributed by atoms with van der Waals surface area (Å²) in [6, 6.07) is 19.3. The summed E-state index contributed by atoms with van der Waals surface area (Å²) in [7, 11) is 0. The van der Waals surface area contributed by atoms with E-state index in [0.717, 1.165) is 18.5 Å². The molecule has 1 nitrogen and oxygen atoms in total. The predicted octanol–water partition coefficient (Wildman–Crippen LogP) is 6.78. The van der Waals surface area contributed by atoms with E-state index in [2.05, 4.69) is 88.0 Å². The number of hydrogen-bond donors (Lipinski definition) is 0. The molecule has 25 heavy (non-hydrogen) atoms. The molecule has 2 unspecified atom stereocenters. The van der Waals surface area contributed by atoms with E-state index in [-0.39, 0.29) is 5.41 Å². The summed E-state index contributed by atoms with van der Waals surface area (Å²) in [6.45, 7) is 11.0. The molecule has 0 radical (unpaired) electrons. The van der Waals surface area contributed by atoms with Gasteiger partial charge in [-0.15, -0.1) is 6.58 Å². The third-order valence-corrected chi connectivity index (χ3v) is 5.75. The van der Waals surface area contributed by atoms with E-state index in [1.54, 1.807) is 0 Å². The lowest BCUT2D eigenvalue weighted by Gasteiger charge is -2.37. The number of allylic oxidation sites excluding steroid dienone is 1. The van der Waals surface area contributed by atoms with E-state index in [1.807, 2.05) is 6.20 Å². The molecule has 0 aliphatic carbocycles. The molecule has 0 spiro atoms. The van der Waals surface area contributed by atoms with E-state index in [0.29, 0.717) is 5.92 Å². The monoisotopic (exact) mass is 329 g/mol. The van der Waals surface area contributed by atoms with E-state index in [1.165, 1.54) is 21.9 Å². The average molecular weight is 329 g/mol. The van der Waals surface area contributed by atoms with Crippen molar-refractivity contribution < 1.29 is 0 Å². The molecule has 3 aromatic rings. The van der Waals surface area contributed by atoms with Gasteiger partial charge in [0.2, 0.25) is 0 Å². The van der Waals surface area contributed by atoms with Crippen molar-refractivity contribution >= 4 is 10.8 Å². The molecular formula is C24H27N. The van der Waals surface area contributed by atoms with E-state index >= 15 is 0 Å². The predicted molar refractivity (Wildman–Crippen MR) is 109 cm³/mol. The molecule has 1 heteroatoms. The minimum atomic E-state index is 0.0473. The van der Waals surface area contributed by atoms with Crippen LogP contribution in [0.5, 0.6) is 0 Å². The highest BCUT2D eigenvalue weighted by molar-refractivity contribution is 5.95. The van der Waals surface area contributed by atoms with Crippen molar-refractivity contribution in [2.24, 2.45) is 5.92 Å². The fraction of sp³-hybridized carbons (Fsp3) is 0.292. The molecule has 2 aromatic carbocycles. The molecule has 0 aliphatic heterocycles. The van der Waals surface area contributed by atoms with Crippen LogP contribution in [-0.4, -0.2) is 4.98 Å². The van der Waals surface area contributed by atoms with Gasteiger partial charge in [-0.25, -0.2) is 0 Å². The summed E-state index contributed by atoms with van der Waals surface area (Å²) in [4.78, 5) is 4.77. The Kier molecular flexibility index (Phi) is 5.03. The topological polar surface area (TPSA) is 12.9 Å². The molecule has 128 valence electrons. The molecule has 0 aliphatic rings. The van der Waals surface area contributed by atoms with Crippen molar-refractivity contribution in [3.05, 3.63) is 79.0 Å². The fourth-order valence-electron chi connectivity index (χ4n) is 4.05. The maximum atomic E-state index is 4.77. The first-order chi connectivity index (χ1) is 12.2. The standard InChI is InChI=1S/C24H27N/c1-5-19(6-2)24(4,7-3)22-15-11-10-14-21(22)23-20-13-9-8-12-18(20)16-17-25-23/h5,8-17,19H,1,6-7H2,2-4H3. The Morgan fingerprint density at radius 3 is 2.48 bits per heavy atom. The van der Waals surface area contributed by atoms with Crippen LogP contribution in [-0.2, 0) is 5.41 Å². The fourth-order valence-corrected chi connectivity index (χ4v) is 4.05. The number of nitrogens with zero attached hydrogens (tertiary/aromatic N) is 1. The zero-order chi connectivity index (χ0) is 17.9. The largest absolute Gasteiger partial charge is 0.256 e. The number of rotatable bonds is 6. The Morgan fingerprint density at radius 2 is 1.76 bits per heavy atom. The molecule has 0 fully saturated rings. The van der Waals surface area contributed by atoms with Crippen molar-refractivity contribution in [2.75, 3.05) is 0 Å². The van der Waals surface area contributed by atoms with Crippen LogP contribution < -0.4 is 0 Å². The molecule has 1 aromatic heterocycles. The second kappa shape index (κ2) is 7.23. The summed E-state index contributed by atoms with van der Waals surface area (Å²) in [5.74, 6) is 0.439. The third kappa shape index (κ3) is 3.00. The second-order valence-electron chi connectivity index (χ2n) is 6.95. The van der Waals surface area contributed by atoms with Crippen molar-refractivity contribution in [3.63, 3.8) is 0 Å². The summed E-state index contributed by atoms with van der Waals surface area (Å²) in [6.07, 6.45) is 6.20. The summed E-state index contributed by atoms with van der Waals surface area (Å²) in [5.41, 5.74) is 3.73. The smallest absolute Gasteiger partial charge is 0.0783 e. The number of hydrogen-bond acceptors (Lipinski definition) is 1. The lowest BCUT2D eigenvalue weighted by atomic mass is 9.67. The van der Waals surface area contributed by atoms with Gasteiger partial charge in [-0.05, 0) is 41.2 Å². The van der Waals surface area contributed by atoms with Gasteiger partial charge in [-0.1, -0.05) is 75.4 Å². The second-order valence-corrected chi connectivity index (χ2v) is 6.95. The normalized spacial score (nSPS) is 14.8. The zero-order valence-corrected chi connectivity index (χ0v) is 15.5. The van der Waals surface area contributed by atoms with Gasteiger partial charge < -0.3 is 0 Å². The number of benzene rings is 2. The van der Waals surface area contributed by atoms with Gasteiger partial charge in [0.25, 0.3) is 0 Å². The van der Waals surface area contributed by atoms with Gasteiger partial charge in [-0.2, -0.15) is 0 Å². The minimum absolute atomic E-state index is 0.0473. The molecule has 2 atom stereocenters. The van der Waals surface area contributed by atoms with Crippen molar-refractivity contribution in [1.29, 1.82) is 0 Å². The minimum Gasteiger partial charge on any atom is -0.256 e. The highest BCUT2D eigenvalue weighted by Crippen LogP contribution is 2.43. The number of pyridine rings is 1. The van der Waals surface area contributed by atoms with Gasteiger partial charge in [0, 0.05) is 17.1 Å². The quantitative estimate of drug-likeness (QED) is 0.454. The molecule has 0 N–H and O–H groups in total. The van der Waals surface area contributed by atoms with E-state index in [9.17, 15) is 0 Å². The molecule has 0 saturated heterocycles. The van der Waals surface area contributed by atoms with Crippen molar-refractivity contribution in [3.8, 4) is 11.3 Å². The maximum absolute atomic E-state index is 4.77. The molecule has 0 amide bonds. The summed E-state index contributed by atoms with van der Waals surface area (Å²) < 4.78 is 0. The lowest BCUT2D eigenvalue weighted by molar-refractivity contribution is 0.329. The number of aromatic nitrogens is 1. The van der Waals surface area contributed by atoms with Crippen LogP contribution in [0.4, 0.5) is 0 Å². The third-order valence-electron chi connectivity index (χ3n) is 5.75. The van der Waals surface area contributed by atoms with Crippen LogP contribution in [0, 0.1) is 5.92 Å². The van der Waals surface area contributed by atoms with Gasteiger partial charge >= 0.3 is 0 Å².